The van der Waals surface area contributed by atoms with Crippen LogP contribution in [0.5, 0.6) is 5.75 Å². The van der Waals surface area contributed by atoms with Gasteiger partial charge in [-0.1, -0.05) is 23.7 Å². The predicted molar refractivity (Wildman–Crippen MR) is 106 cm³/mol. The van der Waals surface area contributed by atoms with Gasteiger partial charge in [0.15, 0.2) is 0 Å². The third kappa shape index (κ3) is 4.79. The normalized spacial score (nSPS) is 15.5. The second-order valence-electron chi connectivity index (χ2n) is 6.77. The van der Waals surface area contributed by atoms with E-state index in [4.69, 9.17) is 21.6 Å². The van der Waals surface area contributed by atoms with Gasteiger partial charge in [0.2, 0.25) is 5.91 Å². The number of hydrogen-bond acceptors (Lipinski definition) is 4. The second-order valence-corrected chi connectivity index (χ2v) is 7.18. The number of hydrogen-bond donors (Lipinski definition) is 2. The Bertz CT molecular complexity index is 857. The minimum absolute atomic E-state index is 0.126. The Morgan fingerprint density at radius 1 is 1.26 bits per heavy atom. The van der Waals surface area contributed by atoms with Gasteiger partial charge in [-0.25, -0.2) is 0 Å². The smallest absolute Gasteiger partial charge is 0.241 e. The van der Waals surface area contributed by atoms with Crippen molar-refractivity contribution in [3.8, 4) is 11.8 Å². The zero-order chi connectivity index (χ0) is 19.4. The number of anilines is 1. The first-order valence-corrected chi connectivity index (χ1v) is 9.30. The molecule has 2 atom stereocenters. The van der Waals surface area contributed by atoms with Crippen LogP contribution in [0, 0.1) is 17.2 Å². The van der Waals surface area contributed by atoms with Crippen LogP contribution in [-0.4, -0.2) is 19.1 Å². The Morgan fingerprint density at radius 3 is 2.52 bits per heavy atom. The quantitative estimate of drug-likeness (QED) is 0.748. The van der Waals surface area contributed by atoms with Crippen LogP contribution in [0.15, 0.2) is 42.5 Å². The number of nitrogens with zero attached hydrogens (tertiary/aromatic N) is 1. The summed E-state index contributed by atoms with van der Waals surface area (Å²) in [6, 6.07) is 14.6. The second kappa shape index (κ2) is 8.43. The van der Waals surface area contributed by atoms with E-state index in [1.807, 2.05) is 37.3 Å². The molecule has 6 heteroatoms. The molecule has 0 saturated heterocycles. The first kappa shape index (κ1) is 19.2. The lowest BCUT2D eigenvalue weighted by Crippen LogP contribution is -2.40. The van der Waals surface area contributed by atoms with Gasteiger partial charge in [-0.2, -0.15) is 5.26 Å². The summed E-state index contributed by atoms with van der Waals surface area (Å²) in [6.45, 7) is 1.85. The molecule has 1 aliphatic carbocycles. The van der Waals surface area contributed by atoms with E-state index < -0.39 is 0 Å². The van der Waals surface area contributed by atoms with Crippen molar-refractivity contribution < 1.29 is 9.53 Å². The van der Waals surface area contributed by atoms with E-state index in [-0.39, 0.29) is 18.0 Å². The van der Waals surface area contributed by atoms with Gasteiger partial charge >= 0.3 is 0 Å². The molecule has 0 radical (unpaired) electrons. The first-order chi connectivity index (χ1) is 13.0. The van der Waals surface area contributed by atoms with Crippen molar-refractivity contribution >= 4 is 23.2 Å². The molecule has 2 N–H and O–H groups in total. The minimum Gasteiger partial charge on any atom is -0.497 e. The molecule has 1 amide bonds. The summed E-state index contributed by atoms with van der Waals surface area (Å²) in [6.07, 6.45) is 2.31. The number of benzene rings is 2. The monoisotopic (exact) mass is 383 g/mol. The van der Waals surface area contributed by atoms with Crippen molar-refractivity contribution in [3.05, 3.63) is 58.6 Å². The zero-order valence-electron chi connectivity index (χ0n) is 15.3. The van der Waals surface area contributed by atoms with Crippen LogP contribution >= 0.6 is 11.6 Å². The van der Waals surface area contributed by atoms with E-state index in [9.17, 15) is 4.79 Å². The third-order valence-corrected chi connectivity index (χ3v) is 5.06. The first-order valence-electron chi connectivity index (χ1n) is 8.92. The molecule has 0 aliphatic heterocycles. The van der Waals surface area contributed by atoms with Crippen molar-refractivity contribution in [1.82, 2.24) is 5.32 Å². The Balaban J connectivity index is 1.66. The van der Waals surface area contributed by atoms with E-state index in [0.717, 1.165) is 24.2 Å². The van der Waals surface area contributed by atoms with Crippen LogP contribution in [-0.2, 0) is 4.79 Å². The summed E-state index contributed by atoms with van der Waals surface area (Å²) in [5.74, 6) is 1.21. The highest BCUT2D eigenvalue weighted by atomic mass is 35.5. The van der Waals surface area contributed by atoms with Crippen LogP contribution in [0.2, 0.25) is 5.02 Å². The maximum atomic E-state index is 12.6. The Kier molecular flexibility index (Phi) is 6.00. The molecule has 27 heavy (non-hydrogen) atoms. The van der Waals surface area contributed by atoms with E-state index in [2.05, 4.69) is 10.6 Å². The van der Waals surface area contributed by atoms with Gasteiger partial charge in [-0.3, -0.25) is 10.1 Å². The maximum Gasteiger partial charge on any atom is 0.241 e. The highest BCUT2D eigenvalue weighted by Gasteiger charge is 2.34. The molecule has 1 aliphatic rings. The van der Waals surface area contributed by atoms with Crippen LogP contribution in [0.25, 0.3) is 0 Å². The number of ether oxygens (including phenoxy) is 1. The molecule has 0 heterocycles. The molecule has 3 rings (SSSR count). The molecular weight excluding hydrogens is 362 g/mol. The summed E-state index contributed by atoms with van der Waals surface area (Å²) in [5, 5.41) is 15.6. The predicted octanol–water partition coefficient (Wildman–Crippen LogP) is 4.29. The van der Waals surface area contributed by atoms with E-state index >= 15 is 0 Å². The van der Waals surface area contributed by atoms with Gasteiger partial charge in [0.1, 0.15) is 11.8 Å². The number of rotatable bonds is 7. The van der Waals surface area contributed by atoms with Crippen molar-refractivity contribution in [3.63, 3.8) is 0 Å². The van der Waals surface area contributed by atoms with Crippen LogP contribution in [0.4, 0.5) is 5.69 Å². The number of halogens is 1. The van der Waals surface area contributed by atoms with E-state index in [1.165, 1.54) is 0 Å². The Hall–Kier alpha value is -2.55. The number of carbonyl (C=O) groups is 1. The maximum absolute atomic E-state index is 12.6. The molecule has 0 spiro atoms. The van der Waals surface area contributed by atoms with Crippen molar-refractivity contribution in [1.29, 1.82) is 5.26 Å². The fraction of sp³-hybridized carbons (Fsp3) is 0.333. The SMILES string of the molecule is COc1ccc(C(NC(C)C(=O)Nc2ccc(C#N)c(Cl)c2)C2CC2)cc1. The highest BCUT2D eigenvalue weighted by molar-refractivity contribution is 6.32. The summed E-state index contributed by atoms with van der Waals surface area (Å²) in [5.41, 5.74) is 2.11. The lowest BCUT2D eigenvalue weighted by Gasteiger charge is -2.23. The third-order valence-electron chi connectivity index (χ3n) is 4.75. The highest BCUT2D eigenvalue weighted by Crippen LogP contribution is 2.41. The molecule has 2 aromatic rings. The average Bonchev–Trinajstić information content (AvgIpc) is 3.51. The zero-order valence-corrected chi connectivity index (χ0v) is 16.1. The van der Waals surface area contributed by atoms with Gasteiger partial charge in [0, 0.05) is 11.7 Å². The number of methoxy groups -OCH3 is 1. The number of amides is 1. The fourth-order valence-electron chi connectivity index (χ4n) is 3.02. The number of nitrogens with one attached hydrogen (secondary N) is 2. The van der Waals surface area contributed by atoms with Crippen molar-refractivity contribution in [2.75, 3.05) is 12.4 Å². The lowest BCUT2D eigenvalue weighted by molar-refractivity contribution is -0.118. The minimum atomic E-state index is -0.382. The van der Waals surface area contributed by atoms with Gasteiger partial charge < -0.3 is 10.1 Å². The number of carbonyl (C=O) groups excluding carboxylic acids is 1. The molecule has 1 saturated carbocycles. The van der Waals surface area contributed by atoms with Gasteiger partial charge in [0.25, 0.3) is 0 Å². The molecule has 5 nitrogen and oxygen atoms in total. The lowest BCUT2D eigenvalue weighted by atomic mass is 10.0. The Morgan fingerprint density at radius 2 is 1.96 bits per heavy atom. The van der Waals surface area contributed by atoms with Crippen LogP contribution < -0.4 is 15.4 Å². The van der Waals surface area contributed by atoms with E-state index in [1.54, 1.807) is 25.3 Å². The van der Waals surface area contributed by atoms with Crippen molar-refractivity contribution in [2.24, 2.45) is 5.92 Å². The number of nitriles is 1. The molecule has 2 unspecified atom stereocenters. The summed E-state index contributed by atoms with van der Waals surface area (Å²) in [7, 11) is 1.65. The van der Waals surface area contributed by atoms with E-state index in [0.29, 0.717) is 22.2 Å². The Labute approximate surface area is 164 Å². The molecule has 140 valence electrons. The van der Waals surface area contributed by atoms with Crippen LogP contribution in [0.3, 0.4) is 0 Å². The van der Waals surface area contributed by atoms with Crippen molar-refractivity contribution in [2.45, 2.75) is 31.8 Å². The standard InChI is InChI=1S/C21H22ClN3O2/c1-13(21(26)25-17-8-5-16(12-23)19(22)11-17)24-20(14-3-4-14)15-6-9-18(27-2)10-7-15/h5-11,13-14,20,24H,3-4H2,1-2H3,(H,25,26). The fourth-order valence-corrected chi connectivity index (χ4v) is 3.25. The molecule has 1 fully saturated rings. The summed E-state index contributed by atoms with van der Waals surface area (Å²) >= 11 is 6.03. The molecule has 0 aromatic heterocycles. The topological polar surface area (TPSA) is 74.2 Å². The van der Waals surface area contributed by atoms with Crippen LogP contribution in [0.1, 0.15) is 36.9 Å². The summed E-state index contributed by atoms with van der Waals surface area (Å²) in [4.78, 5) is 12.6. The molecule has 0 bridgehead atoms. The molecule has 2 aromatic carbocycles. The van der Waals surface area contributed by atoms with Gasteiger partial charge in [0.05, 0.1) is 23.7 Å². The van der Waals surface area contributed by atoms with Gasteiger partial charge in [-0.15, -0.1) is 0 Å². The summed E-state index contributed by atoms with van der Waals surface area (Å²) < 4.78 is 5.22. The largest absolute Gasteiger partial charge is 0.497 e. The average molecular weight is 384 g/mol. The molecular formula is C21H22ClN3O2. The van der Waals surface area contributed by atoms with Gasteiger partial charge in [-0.05, 0) is 61.6 Å².